The van der Waals surface area contributed by atoms with E-state index < -0.39 is 0 Å². The van der Waals surface area contributed by atoms with Crippen molar-refractivity contribution >= 4 is 5.82 Å². The van der Waals surface area contributed by atoms with Crippen molar-refractivity contribution in [3.8, 4) is 17.2 Å². The van der Waals surface area contributed by atoms with Gasteiger partial charge in [-0.05, 0) is 19.9 Å². The van der Waals surface area contributed by atoms with Crippen LogP contribution in [0.2, 0.25) is 0 Å². The Labute approximate surface area is 117 Å². The van der Waals surface area contributed by atoms with Crippen LogP contribution < -0.4 is 5.73 Å². The summed E-state index contributed by atoms with van der Waals surface area (Å²) in [5, 5.41) is 4.32. The van der Waals surface area contributed by atoms with Crippen molar-refractivity contribution in [3.05, 3.63) is 53.9 Å². The smallest absolute Gasteiger partial charge is 0.253 e. The molecule has 20 heavy (non-hydrogen) atoms. The van der Waals surface area contributed by atoms with Crippen molar-refractivity contribution in [2.75, 3.05) is 5.73 Å². The van der Waals surface area contributed by atoms with Gasteiger partial charge in [-0.25, -0.2) is 9.97 Å². The number of nitrogens with zero attached hydrogens (tertiary/aromatic N) is 4. The second kappa shape index (κ2) is 4.77. The SMILES string of the molecule is Cc1cc(-c2ccccc2)nc(-n2nc(C)cc2N)n1. The first kappa shape index (κ1) is 12.3. The Morgan fingerprint density at radius 2 is 1.70 bits per heavy atom. The standard InChI is InChI=1S/C15H15N5/c1-10-8-13(12-6-4-3-5-7-12)18-15(17-10)20-14(16)9-11(2)19-20/h3-9H,16H2,1-2H3. The summed E-state index contributed by atoms with van der Waals surface area (Å²) in [5.41, 5.74) is 9.56. The lowest BCUT2D eigenvalue weighted by molar-refractivity contribution is 0.801. The fraction of sp³-hybridized carbons (Fsp3) is 0.133. The number of nitrogens with two attached hydrogens (primary N) is 1. The average Bonchev–Trinajstić information content (AvgIpc) is 2.78. The largest absolute Gasteiger partial charge is 0.383 e. The Balaban J connectivity index is 2.14. The number of aromatic nitrogens is 4. The summed E-state index contributed by atoms with van der Waals surface area (Å²) in [6, 6.07) is 13.7. The fourth-order valence-electron chi connectivity index (χ4n) is 2.08. The zero-order chi connectivity index (χ0) is 14.1. The van der Waals surface area contributed by atoms with E-state index in [4.69, 9.17) is 5.73 Å². The van der Waals surface area contributed by atoms with Gasteiger partial charge in [0.2, 0.25) is 0 Å². The molecule has 2 aromatic heterocycles. The van der Waals surface area contributed by atoms with Gasteiger partial charge in [0, 0.05) is 17.3 Å². The Morgan fingerprint density at radius 3 is 2.35 bits per heavy atom. The van der Waals surface area contributed by atoms with E-state index in [1.807, 2.05) is 50.2 Å². The molecule has 3 aromatic rings. The third-order valence-electron chi connectivity index (χ3n) is 2.96. The zero-order valence-electron chi connectivity index (χ0n) is 11.4. The van der Waals surface area contributed by atoms with Crippen molar-refractivity contribution in [1.29, 1.82) is 0 Å². The van der Waals surface area contributed by atoms with Crippen LogP contribution in [0, 0.1) is 13.8 Å². The summed E-state index contributed by atoms with van der Waals surface area (Å²) in [6.45, 7) is 3.82. The van der Waals surface area contributed by atoms with Crippen LogP contribution in [-0.2, 0) is 0 Å². The molecule has 0 spiro atoms. The minimum absolute atomic E-state index is 0.495. The normalized spacial score (nSPS) is 10.7. The van der Waals surface area contributed by atoms with Gasteiger partial charge in [0.15, 0.2) is 0 Å². The van der Waals surface area contributed by atoms with E-state index in [-0.39, 0.29) is 0 Å². The van der Waals surface area contributed by atoms with Gasteiger partial charge in [0.1, 0.15) is 5.82 Å². The average molecular weight is 265 g/mol. The second-order valence-electron chi connectivity index (χ2n) is 4.68. The van der Waals surface area contributed by atoms with Gasteiger partial charge in [0.25, 0.3) is 5.95 Å². The maximum atomic E-state index is 5.93. The molecule has 2 N–H and O–H groups in total. The molecule has 0 bridgehead atoms. The van der Waals surface area contributed by atoms with Crippen LogP contribution in [0.25, 0.3) is 17.2 Å². The highest BCUT2D eigenvalue weighted by atomic mass is 15.4. The molecule has 2 heterocycles. The molecule has 0 aliphatic rings. The summed E-state index contributed by atoms with van der Waals surface area (Å²) in [7, 11) is 0. The van der Waals surface area contributed by atoms with Crippen LogP contribution in [0.3, 0.4) is 0 Å². The maximum absolute atomic E-state index is 5.93. The molecule has 0 aliphatic heterocycles. The first-order chi connectivity index (χ1) is 9.63. The molecular weight excluding hydrogens is 250 g/mol. The van der Waals surface area contributed by atoms with Crippen molar-refractivity contribution in [3.63, 3.8) is 0 Å². The number of rotatable bonds is 2. The third-order valence-corrected chi connectivity index (χ3v) is 2.96. The summed E-state index contributed by atoms with van der Waals surface area (Å²) < 4.78 is 1.56. The van der Waals surface area contributed by atoms with Gasteiger partial charge in [-0.3, -0.25) is 0 Å². The number of benzene rings is 1. The van der Waals surface area contributed by atoms with Crippen molar-refractivity contribution in [1.82, 2.24) is 19.7 Å². The molecule has 3 rings (SSSR count). The van der Waals surface area contributed by atoms with E-state index in [0.29, 0.717) is 11.8 Å². The topological polar surface area (TPSA) is 69.6 Å². The van der Waals surface area contributed by atoms with Crippen LogP contribution >= 0.6 is 0 Å². The summed E-state index contributed by atoms with van der Waals surface area (Å²) in [5.74, 6) is 1.03. The molecule has 100 valence electrons. The molecule has 5 nitrogen and oxygen atoms in total. The molecule has 0 radical (unpaired) electrons. The van der Waals surface area contributed by atoms with Crippen LogP contribution in [0.4, 0.5) is 5.82 Å². The maximum Gasteiger partial charge on any atom is 0.253 e. The van der Waals surface area contributed by atoms with E-state index in [2.05, 4.69) is 15.1 Å². The number of anilines is 1. The van der Waals surface area contributed by atoms with Crippen LogP contribution in [-0.4, -0.2) is 19.7 Å². The number of aryl methyl sites for hydroxylation is 2. The zero-order valence-corrected chi connectivity index (χ0v) is 11.4. The Kier molecular flexibility index (Phi) is 2.95. The molecule has 0 saturated carbocycles. The lowest BCUT2D eigenvalue weighted by Crippen LogP contribution is -2.08. The molecule has 0 aliphatic carbocycles. The summed E-state index contributed by atoms with van der Waals surface area (Å²) >= 11 is 0. The van der Waals surface area contributed by atoms with Gasteiger partial charge in [-0.1, -0.05) is 30.3 Å². The number of hydrogen-bond donors (Lipinski definition) is 1. The molecule has 1 aromatic carbocycles. The highest BCUT2D eigenvalue weighted by Gasteiger charge is 2.10. The second-order valence-corrected chi connectivity index (χ2v) is 4.68. The monoisotopic (exact) mass is 265 g/mol. The molecule has 0 fully saturated rings. The first-order valence-electron chi connectivity index (χ1n) is 6.37. The minimum Gasteiger partial charge on any atom is -0.383 e. The highest BCUT2D eigenvalue weighted by molar-refractivity contribution is 5.60. The van der Waals surface area contributed by atoms with Gasteiger partial charge >= 0.3 is 0 Å². The van der Waals surface area contributed by atoms with Gasteiger partial charge < -0.3 is 5.73 Å². The predicted octanol–water partition coefficient (Wildman–Crippen LogP) is 2.53. The van der Waals surface area contributed by atoms with Gasteiger partial charge in [0.05, 0.1) is 11.4 Å². The van der Waals surface area contributed by atoms with E-state index >= 15 is 0 Å². The molecule has 0 saturated heterocycles. The Hall–Kier alpha value is -2.69. The fourth-order valence-corrected chi connectivity index (χ4v) is 2.08. The van der Waals surface area contributed by atoms with Gasteiger partial charge in [-0.15, -0.1) is 0 Å². The van der Waals surface area contributed by atoms with E-state index in [1.54, 1.807) is 10.7 Å². The quantitative estimate of drug-likeness (QED) is 0.773. The minimum atomic E-state index is 0.495. The molecule has 5 heteroatoms. The van der Waals surface area contributed by atoms with Gasteiger partial charge in [-0.2, -0.15) is 9.78 Å². The van der Waals surface area contributed by atoms with E-state index in [0.717, 1.165) is 22.6 Å². The lowest BCUT2D eigenvalue weighted by atomic mass is 10.1. The molecule has 0 amide bonds. The Bertz CT molecular complexity index is 746. The van der Waals surface area contributed by atoms with Crippen LogP contribution in [0.1, 0.15) is 11.4 Å². The number of nitrogen functional groups attached to an aromatic ring is 1. The molecule has 0 unspecified atom stereocenters. The summed E-state index contributed by atoms with van der Waals surface area (Å²) in [6.07, 6.45) is 0. The Morgan fingerprint density at radius 1 is 0.950 bits per heavy atom. The van der Waals surface area contributed by atoms with Crippen molar-refractivity contribution < 1.29 is 0 Å². The van der Waals surface area contributed by atoms with E-state index in [9.17, 15) is 0 Å². The molecular formula is C15H15N5. The van der Waals surface area contributed by atoms with Crippen LogP contribution in [0.5, 0.6) is 0 Å². The number of hydrogen-bond acceptors (Lipinski definition) is 4. The molecule has 0 atom stereocenters. The lowest BCUT2D eigenvalue weighted by Gasteiger charge is -2.07. The van der Waals surface area contributed by atoms with Crippen molar-refractivity contribution in [2.24, 2.45) is 0 Å². The van der Waals surface area contributed by atoms with E-state index in [1.165, 1.54) is 0 Å². The van der Waals surface area contributed by atoms with Crippen molar-refractivity contribution in [2.45, 2.75) is 13.8 Å². The third kappa shape index (κ3) is 2.25. The van der Waals surface area contributed by atoms with Crippen LogP contribution in [0.15, 0.2) is 42.5 Å². The summed E-state index contributed by atoms with van der Waals surface area (Å²) in [4.78, 5) is 8.97. The first-order valence-corrected chi connectivity index (χ1v) is 6.37. The predicted molar refractivity (Wildman–Crippen MR) is 78.5 cm³/mol. The highest BCUT2D eigenvalue weighted by Crippen LogP contribution is 2.19.